The molecule has 0 spiro atoms. The number of carboxylic acids is 1. The van der Waals surface area contributed by atoms with Crippen molar-refractivity contribution in [2.75, 3.05) is 19.5 Å². The molecule has 0 bridgehead atoms. The summed E-state index contributed by atoms with van der Waals surface area (Å²) in [7, 11) is 3.00. The average molecular weight is 349 g/mol. The molecule has 6 nitrogen and oxygen atoms in total. The van der Waals surface area contributed by atoms with E-state index in [1.807, 2.05) is 13.8 Å². The normalized spacial score (nSPS) is 10.3. The SMILES string of the molecule is CCc1c(C)sc(NC(=O)c2ccc(OC)c(OC)c2)c1C(=O)O. The van der Waals surface area contributed by atoms with Gasteiger partial charge < -0.3 is 19.9 Å². The van der Waals surface area contributed by atoms with Crippen molar-refractivity contribution in [3.63, 3.8) is 0 Å². The molecule has 2 rings (SSSR count). The number of benzene rings is 1. The zero-order valence-corrected chi connectivity index (χ0v) is 14.7. The summed E-state index contributed by atoms with van der Waals surface area (Å²) in [5, 5.41) is 12.5. The van der Waals surface area contributed by atoms with Gasteiger partial charge in [0.05, 0.1) is 19.8 Å². The lowest BCUT2D eigenvalue weighted by atomic mass is 10.1. The van der Waals surface area contributed by atoms with Crippen LogP contribution < -0.4 is 14.8 Å². The van der Waals surface area contributed by atoms with Gasteiger partial charge in [-0.25, -0.2) is 4.79 Å². The number of carbonyl (C=O) groups is 2. The Bertz CT molecular complexity index is 782. The highest BCUT2D eigenvalue weighted by Crippen LogP contribution is 2.34. The van der Waals surface area contributed by atoms with Gasteiger partial charge in [0.2, 0.25) is 0 Å². The van der Waals surface area contributed by atoms with Gasteiger partial charge in [-0.3, -0.25) is 4.79 Å². The maximum absolute atomic E-state index is 12.5. The van der Waals surface area contributed by atoms with Crippen molar-refractivity contribution in [2.45, 2.75) is 20.3 Å². The lowest BCUT2D eigenvalue weighted by Gasteiger charge is -2.10. The van der Waals surface area contributed by atoms with E-state index in [1.165, 1.54) is 25.6 Å². The highest BCUT2D eigenvalue weighted by molar-refractivity contribution is 7.16. The number of methoxy groups -OCH3 is 2. The van der Waals surface area contributed by atoms with E-state index in [9.17, 15) is 14.7 Å². The molecule has 0 saturated carbocycles. The van der Waals surface area contributed by atoms with Gasteiger partial charge >= 0.3 is 5.97 Å². The molecule has 1 heterocycles. The molecule has 2 N–H and O–H groups in total. The zero-order valence-electron chi connectivity index (χ0n) is 13.9. The molecule has 0 atom stereocenters. The Kier molecular flexibility index (Phi) is 5.46. The van der Waals surface area contributed by atoms with Crippen molar-refractivity contribution in [1.82, 2.24) is 0 Å². The van der Waals surface area contributed by atoms with Crippen LogP contribution >= 0.6 is 11.3 Å². The Labute approximate surface area is 144 Å². The molecule has 0 saturated heterocycles. The Morgan fingerprint density at radius 3 is 2.42 bits per heavy atom. The topological polar surface area (TPSA) is 84.9 Å². The molecular weight excluding hydrogens is 330 g/mol. The molecular formula is C17H19NO5S. The van der Waals surface area contributed by atoms with Crippen LogP contribution in [0, 0.1) is 6.92 Å². The molecule has 2 aromatic rings. The fourth-order valence-corrected chi connectivity index (χ4v) is 3.60. The minimum absolute atomic E-state index is 0.161. The second-order valence-corrected chi connectivity index (χ2v) is 6.25. The first-order chi connectivity index (χ1) is 11.4. The molecule has 0 unspecified atom stereocenters. The molecule has 24 heavy (non-hydrogen) atoms. The minimum atomic E-state index is -1.04. The summed E-state index contributed by atoms with van der Waals surface area (Å²) in [5.74, 6) is -0.498. The van der Waals surface area contributed by atoms with Gasteiger partial charge in [-0.15, -0.1) is 11.3 Å². The summed E-state index contributed by atoms with van der Waals surface area (Å²) in [4.78, 5) is 24.9. The number of carboxylic acid groups (broad SMARTS) is 1. The fraction of sp³-hybridized carbons (Fsp3) is 0.294. The molecule has 1 aromatic heterocycles. The van der Waals surface area contributed by atoms with E-state index in [4.69, 9.17) is 9.47 Å². The van der Waals surface area contributed by atoms with Crippen molar-refractivity contribution in [2.24, 2.45) is 0 Å². The maximum atomic E-state index is 12.5. The summed E-state index contributed by atoms with van der Waals surface area (Å²) >= 11 is 1.27. The average Bonchev–Trinajstić information content (AvgIpc) is 2.89. The predicted molar refractivity (Wildman–Crippen MR) is 92.9 cm³/mol. The molecule has 1 aromatic carbocycles. The van der Waals surface area contributed by atoms with Crippen LogP contribution in [0.3, 0.4) is 0 Å². The van der Waals surface area contributed by atoms with E-state index in [1.54, 1.807) is 18.2 Å². The van der Waals surface area contributed by atoms with Crippen molar-refractivity contribution < 1.29 is 24.2 Å². The Hall–Kier alpha value is -2.54. The van der Waals surface area contributed by atoms with E-state index >= 15 is 0 Å². The van der Waals surface area contributed by atoms with E-state index in [-0.39, 0.29) is 5.56 Å². The van der Waals surface area contributed by atoms with Crippen LogP contribution in [0.1, 0.15) is 38.1 Å². The van der Waals surface area contributed by atoms with Crippen LogP contribution in [0.4, 0.5) is 5.00 Å². The third kappa shape index (κ3) is 3.35. The third-order valence-corrected chi connectivity index (χ3v) is 4.71. The van der Waals surface area contributed by atoms with Crippen LogP contribution in [0.5, 0.6) is 11.5 Å². The van der Waals surface area contributed by atoms with Gasteiger partial charge in [0.1, 0.15) is 5.00 Å². The number of rotatable bonds is 6. The van der Waals surface area contributed by atoms with Crippen molar-refractivity contribution in [1.29, 1.82) is 0 Å². The number of amides is 1. The van der Waals surface area contributed by atoms with E-state index in [0.29, 0.717) is 28.5 Å². The zero-order chi connectivity index (χ0) is 17.9. The van der Waals surface area contributed by atoms with Gasteiger partial charge in [0.15, 0.2) is 11.5 Å². The first-order valence-corrected chi connectivity index (χ1v) is 8.13. The number of hydrogen-bond donors (Lipinski definition) is 2. The summed E-state index contributed by atoms with van der Waals surface area (Å²) < 4.78 is 10.3. The Morgan fingerprint density at radius 1 is 1.21 bits per heavy atom. The summed E-state index contributed by atoms with van der Waals surface area (Å²) in [6.45, 7) is 3.74. The first-order valence-electron chi connectivity index (χ1n) is 7.31. The quantitative estimate of drug-likeness (QED) is 0.832. The summed E-state index contributed by atoms with van der Waals surface area (Å²) in [5.41, 5.74) is 1.26. The number of anilines is 1. The highest BCUT2D eigenvalue weighted by atomic mass is 32.1. The third-order valence-electron chi connectivity index (χ3n) is 3.65. The largest absolute Gasteiger partial charge is 0.493 e. The lowest BCUT2D eigenvalue weighted by molar-refractivity contribution is 0.0697. The Morgan fingerprint density at radius 2 is 1.88 bits per heavy atom. The van der Waals surface area contributed by atoms with Gasteiger partial charge in [0.25, 0.3) is 5.91 Å². The van der Waals surface area contributed by atoms with Crippen LogP contribution in [-0.2, 0) is 6.42 Å². The number of carbonyl (C=O) groups excluding carboxylic acids is 1. The number of aryl methyl sites for hydroxylation is 1. The second kappa shape index (κ2) is 7.35. The van der Waals surface area contributed by atoms with Crippen LogP contribution in [0.15, 0.2) is 18.2 Å². The van der Waals surface area contributed by atoms with E-state index in [2.05, 4.69) is 5.32 Å². The van der Waals surface area contributed by atoms with Gasteiger partial charge in [0, 0.05) is 10.4 Å². The van der Waals surface area contributed by atoms with Gasteiger partial charge in [-0.1, -0.05) is 6.92 Å². The molecule has 7 heteroatoms. The summed E-state index contributed by atoms with van der Waals surface area (Å²) in [6, 6.07) is 4.77. The number of ether oxygens (including phenoxy) is 2. The highest BCUT2D eigenvalue weighted by Gasteiger charge is 2.22. The summed E-state index contributed by atoms with van der Waals surface area (Å²) in [6.07, 6.45) is 0.593. The maximum Gasteiger partial charge on any atom is 0.339 e. The molecule has 0 aliphatic heterocycles. The molecule has 0 fully saturated rings. The van der Waals surface area contributed by atoms with Gasteiger partial charge in [-0.05, 0) is 37.1 Å². The van der Waals surface area contributed by atoms with Crippen molar-refractivity contribution in [3.05, 3.63) is 39.8 Å². The van der Waals surface area contributed by atoms with E-state index < -0.39 is 11.9 Å². The monoisotopic (exact) mass is 349 g/mol. The molecule has 128 valence electrons. The minimum Gasteiger partial charge on any atom is -0.493 e. The van der Waals surface area contributed by atoms with Crippen LogP contribution in [0.25, 0.3) is 0 Å². The van der Waals surface area contributed by atoms with Crippen LogP contribution in [0.2, 0.25) is 0 Å². The number of aromatic carboxylic acids is 1. The number of nitrogens with one attached hydrogen (secondary N) is 1. The van der Waals surface area contributed by atoms with Gasteiger partial charge in [-0.2, -0.15) is 0 Å². The first kappa shape index (κ1) is 17.8. The Balaban J connectivity index is 2.35. The second-order valence-electron chi connectivity index (χ2n) is 5.02. The molecule has 0 aliphatic carbocycles. The molecule has 1 amide bonds. The fourth-order valence-electron chi connectivity index (χ4n) is 2.47. The molecule has 0 radical (unpaired) electrons. The van der Waals surface area contributed by atoms with Crippen molar-refractivity contribution >= 4 is 28.2 Å². The van der Waals surface area contributed by atoms with E-state index in [0.717, 1.165) is 10.4 Å². The lowest BCUT2D eigenvalue weighted by Crippen LogP contribution is -2.14. The smallest absolute Gasteiger partial charge is 0.339 e. The standard InChI is InChI=1S/C17H19NO5S/c1-5-11-9(2)24-16(14(11)17(20)21)18-15(19)10-6-7-12(22-3)13(8-10)23-4/h6-8H,5H2,1-4H3,(H,18,19)(H,20,21). The van der Waals surface area contributed by atoms with Crippen molar-refractivity contribution in [3.8, 4) is 11.5 Å². The predicted octanol–water partition coefficient (Wildman–Crippen LogP) is 3.59. The van der Waals surface area contributed by atoms with Crippen LogP contribution in [-0.4, -0.2) is 31.2 Å². The number of thiophene rings is 1. The number of hydrogen-bond acceptors (Lipinski definition) is 5. The molecule has 0 aliphatic rings.